The molecule has 0 saturated heterocycles. The fourth-order valence-corrected chi connectivity index (χ4v) is 4.47. The average molecular weight is 302 g/mol. The van der Waals surface area contributed by atoms with Crippen molar-refractivity contribution >= 4 is 22.7 Å². The predicted molar refractivity (Wildman–Crippen MR) is 85.0 cm³/mol. The van der Waals surface area contributed by atoms with E-state index in [1.54, 1.807) is 11.3 Å². The maximum absolute atomic E-state index is 9.25. The molecule has 3 atom stereocenters. The quantitative estimate of drug-likeness (QED) is 0.890. The van der Waals surface area contributed by atoms with Crippen LogP contribution in [0.4, 0.5) is 0 Å². The topological polar surface area (TPSA) is 35.8 Å². The Balaban J connectivity index is 1.74. The summed E-state index contributed by atoms with van der Waals surface area (Å²) in [5.74, 6) is 0.181. The monoisotopic (exact) mass is 302 g/mol. The van der Waals surface area contributed by atoms with E-state index < -0.39 is 0 Å². The molecule has 2 aromatic heterocycles. The molecule has 2 heterocycles. The molecule has 1 fully saturated rings. The lowest BCUT2D eigenvalue weighted by molar-refractivity contribution is 0.404. The molecule has 4 heteroatoms. The fraction of sp³-hybridized carbons (Fsp3) is 0.438. The summed E-state index contributed by atoms with van der Waals surface area (Å²) in [5, 5.41) is 17.3. The second kappa shape index (κ2) is 6.53. The average Bonchev–Trinajstić information content (AvgIpc) is 3.21. The van der Waals surface area contributed by atoms with Crippen LogP contribution in [0.5, 0.6) is 0 Å². The number of nitrogens with zero attached hydrogens (tertiary/aromatic N) is 1. The summed E-state index contributed by atoms with van der Waals surface area (Å²) >= 11 is 3.62. The van der Waals surface area contributed by atoms with Crippen LogP contribution in [0, 0.1) is 17.2 Å². The lowest BCUT2D eigenvalue weighted by Gasteiger charge is -2.23. The van der Waals surface area contributed by atoms with Crippen LogP contribution in [-0.2, 0) is 6.42 Å². The van der Waals surface area contributed by atoms with Crippen molar-refractivity contribution in [2.75, 3.05) is 0 Å². The first-order valence-electron chi connectivity index (χ1n) is 7.08. The molecule has 1 aliphatic carbocycles. The third-order valence-corrected chi connectivity index (χ3v) is 5.85. The van der Waals surface area contributed by atoms with Gasteiger partial charge in [0, 0.05) is 28.3 Å². The molecule has 0 spiro atoms. The molecular formula is C16H18N2S2. The van der Waals surface area contributed by atoms with Crippen LogP contribution in [-0.4, -0.2) is 6.04 Å². The Kier molecular flexibility index (Phi) is 4.51. The molecule has 0 amide bonds. The Bertz CT molecular complexity index is 554. The van der Waals surface area contributed by atoms with Gasteiger partial charge in [0.1, 0.15) is 0 Å². The molecule has 0 bridgehead atoms. The van der Waals surface area contributed by atoms with Crippen molar-refractivity contribution in [2.45, 2.75) is 37.8 Å². The van der Waals surface area contributed by atoms with Crippen molar-refractivity contribution in [3.63, 3.8) is 0 Å². The number of thiophene rings is 2. The van der Waals surface area contributed by atoms with Crippen molar-refractivity contribution in [3.8, 4) is 6.07 Å². The van der Waals surface area contributed by atoms with Crippen molar-refractivity contribution in [1.29, 1.82) is 5.26 Å². The smallest absolute Gasteiger partial charge is 0.0672 e. The van der Waals surface area contributed by atoms with Gasteiger partial charge in [-0.15, -0.1) is 22.7 Å². The Morgan fingerprint density at radius 3 is 2.80 bits per heavy atom. The van der Waals surface area contributed by atoms with Crippen LogP contribution in [0.3, 0.4) is 0 Å². The summed E-state index contributed by atoms with van der Waals surface area (Å²) in [6.45, 7) is 0. The zero-order chi connectivity index (χ0) is 13.8. The van der Waals surface area contributed by atoms with E-state index in [2.05, 4.69) is 46.4 Å². The largest absolute Gasteiger partial charge is 0.305 e. The van der Waals surface area contributed by atoms with Crippen LogP contribution < -0.4 is 5.32 Å². The van der Waals surface area contributed by atoms with E-state index in [0.29, 0.717) is 12.1 Å². The van der Waals surface area contributed by atoms with Crippen molar-refractivity contribution in [3.05, 3.63) is 44.8 Å². The fourth-order valence-electron chi connectivity index (χ4n) is 2.93. The third kappa shape index (κ3) is 3.12. The number of nitrogens with one attached hydrogen (secondary N) is 1. The van der Waals surface area contributed by atoms with E-state index in [0.717, 1.165) is 19.3 Å². The number of nitriles is 1. The highest BCUT2D eigenvalue weighted by atomic mass is 32.1. The van der Waals surface area contributed by atoms with Crippen LogP contribution in [0.25, 0.3) is 0 Å². The van der Waals surface area contributed by atoms with E-state index in [4.69, 9.17) is 0 Å². The van der Waals surface area contributed by atoms with E-state index in [1.807, 2.05) is 11.3 Å². The Morgan fingerprint density at radius 2 is 2.10 bits per heavy atom. The van der Waals surface area contributed by atoms with Gasteiger partial charge >= 0.3 is 0 Å². The first-order chi connectivity index (χ1) is 9.86. The van der Waals surface area contributed by atoms with Crippen molar-refractivity contribution in [2.24, 2.45) is 5.92 Å². The standard InChI is InChI=1S/C16H18N2S2/c17-11-12-4-1-6-14(12)18-15(16-7-3-9-20-16)10-13-5-2-8-19-13/h2-3,5,7-9,12,14-15,18H,1,4,6,10H2. The summed E-state index contributed by atoms with van der Waals surface area (Å²) in [6.07, 6.45) is 4.37. The highest BCUT2D eigenvalue weighted by Gasteiger charge is 2.29. The molecule has 0 aliphatic heterocycles. The third-order valence-electron chi connectivity index (χ3n) is 3.97. The molecule has 3 unspecified atom stereocenters. The van der Waals surface area contributed by atoms with Gasteiger partial charge < -0.3 is 5.32 Å². The van der Waals surface area contributed by atoms with Crippen LogP contribution in [0.1, 0.15) is 35.1 Å². The van der Waals surface area contributed by atoms with Gasteiger partial charge in [-0.05, 0) is 35.7 Å². The minimum absolute atomic E-state index is 0.181. The van der Waals surface area contributed by atoms with Gasteiger partial charge in [-0.2, -0.15) is 5.26 Å². The molecule has 0 radical (unpaired) electrons. The molecule has 104 valence electrons. The zero-order valence-corrected chi connectivity index (χ0v) is 12.9. The highest BCUT2D eigenvalue weighted by molar-refractivity contribution is 7.10. The summed E-state index contributed by atoms with van der Waals surface area (Å²) in [7, 11) is 0. The first kappa shape index (κ1) is 13.8. The second-order valence-corrected chi connectivity index (χ2v) is 7.30. The van der Waals surface area contributed by atoms with Gasteiger partial charge in [0.05, 0.1) is 12.0 Å². The van der Waals surface area contributed by atoms with E-state index in [-0.39, 0.29) is 5.92 Å². The minimum Gasteiger partial charge on any atom is -0.305 e. The van der Waals surface area contributed by atoms with Gasteiger partial charge in [-0.1, -0.05) is 18.6 Å². The van der Waals surface area contributed by atoms with E-state index >= 15 is 0 Å². The Hall–Kier alpha value is -1.15. The second-order valence-electron chi connectivity index (χ2n) is 5.29. The number of hydrogen-bond donors (Lipinski definition) is 1. The zero-order valence-electron chi connectivity index (χ0n) is 11.3. The SMILES string of the molecule is N#CC1CCCC1NC(Cc1cccs1)c1cccs1. The number of hydrogen-bond acceptors (Lipinski definition) is 4. The van der Waals surface area contributed by atoms with Gasteiger partial charge in [-0.25, -0.2) is 0 Å². The normalized spacial score (nSPS) is 23.6. The Morgan fingerprint density at radius 1 is 1.25 bits per heavy atom. The molecule has 3 rings (SSSR count). The molecule has 20 heavy (non-hydrogen) atoms. The Labute approximate surface area is 128 Å². The van der Waals surface area contributed by atoms with Gasteiger partial charge in [0.15, 0.2) is 0 Å². The molecule has 1 aliphatic rings. The maximum Gasteiger partial charge on any atom is 0.0672 e. The maximum atomic E-state index is 9.25. The first-order valence-corrected chi connectivity index (χ1v) is 8.84. The van der Waals surface area contributed by atoms with Crippen molar-refractivity contribution < 1.29 is 0 Å². The lowest BCUT2D eigenvalue weighted by Crippen LogP contribution is -2.35. The summed E-state index contributed by atoms with van der Waals surface area (Å²) in [5.41, 5.74) is 0. The predicted octanol–water partition coefficient (Wildman–Crippen LogP) is 4.38. The summed E-state index contributed by atoms with van der Waals surface area (Å²) in [6, 6.07) is 11.8. The van der Waals surface area contributed by atoms with E-state index in [9.17, 15) is 5.26 Å². The van der Waals surface area contributed by atoms with Gasteiger partial charge in [0.25, 0.3) is 0 Å². The van der Waals surface area contributed by atoms with Crippen LogP contribution in [0.2, 0.25) is 0 Å². The van der Waals surface area contributed by atoms with Gasteiger partial charge in [-0.3, -0.25) is 0 Å². The highest BCUT2D eigenvalue weighted by Crippen LogP contribution is 2.31. The molecule has 2 nitrogen and oxygen atoms in total. The molecular weight excluding hydrogens is 284 g/mol. The van der Waals surface area contributed by atoms with Crippen molar-refractivity contribution in [1.82, 2.24) is 5.32 Å². The van der Waals surface area contributed by atoms with Gasteiger partial charge in [0.2, 0.25) is 0 Å². The summed E-state index contributed by atoms with van der Waals surface area (Å²) in [4.78, 5) is 2.78. The molecule has 1 saturated carbocycles. The lowest BCUT2D eigenvalue weighted by atomic mass is 10.0. The van der Waals surface area contributed by atoms with E-state index in [1.165, 1.54) is 16.2 Å². The summed E-state index contributed by atoms with van der Waals surface area (Å²) < 4.78 is 0. The minimum atomic E-state index is 0.181. The molecule has 0 aromatic carbocycles. The molecule has 1 N–H and O–H groups in total. The van der Waals surface area contributed by atoms with Crippen LogP contribution in [0.15, 0.2) is 35.0 Å². The molecule has 2 aromatic rings. The number of rotatable bonds is 5. The van der Waals surface area contributed by atoms with Crippen LogP contribution >= 0.6 is 22.7 Å².